The number of nitrogens with zero attached hydrogens (tertiary/aromatic N) is 5. The average Bonchev–Trinajstić information content (AvgIpc) is 3.38. The molecule has 12 heteroatoms. The molecular weight excluding hydrogens is 436 g/mol. The fourth-order valence-corrected chi connectivity index (χ4v) is 5.82. The van der Waals surface area contributed by atoms with Gasteiger partial charge in [-0.05, 0) is 19.3 Å². The summed E-state index contributed by atoms with van der Waals surface area (Å²) >= 11 is 1.61. The molecule has 0 spiro atoms. The summed E-state index contributed by atoms with van der Waals surface area (Å²) in [6, 6.07) is -1.05. The molecule has 0 aliphatic carbocycles. The number of ether oxygens (including phenoxy) is 1. The minimum absolute atomic E-state index is 0.0748. The van der Waals surface area contributed by atoms with Crippen LogP contribution in [0.1, 0.15) is 19.3 Å². The van der Waals surface area contributed by atoms with Crippen LogP contribution in [0.15, 0.2) is 0 Å². The molecule has 0 aromatic heterocycles. The van der Waals surface area contributed by atoms with Crippen LogP contribution in [0, 0.1) is 0 Å². The number of thioether (sulfide) groups is 1. The van der Waals surface area contributed by atoms with E-state index in [4.69, 9.17) is 10.5 Å². The van der Waals surface area contributed by atoms with Crippen molar-refractivity contribution in [3.05, 3.63) is 0 Å². The predicted octanol–water partition coefficient (Wildman–Crippen LogP) is -0.581. The highest BCUT2D eigenvalue weighted by Gasteiger charge is 2.60. The molecule has 11 nitrogen and oxygen atoms in total. The Kier molecular flexibility index (Phi) is 6.99. The van der Waals surface area contributed by atoms with Crippen molar-refractivity contribution < 1.29 is 23.9 Å². The van der Waals surface area contributed by atoms with E-state index in [1.165, 1.54) is 9.80 Å². The van der Waals surface area contributed by atoms with Gasteiger partial charge in [0.15, 0.2) is 0 Å². The van der Waals surface area contributed by atoms with Crippen LogP contribution in [0.5, 0.6) is 0 Å². The number of likely N-dealkylation sites (tertiary alicyclic amines) is 1. The molecule has 4 heterocycles. The second-order valence-electron chi connectivity index (χ2n) is 8.61. The quantitative estimate of drug-likeness (QED) is 0.542. The van der Waals surface area contributed by atoms with E-state index in [2.05, 4.69) is 0 Å². The predicted molar refractivity (Wildman–Crippen MR) is 118 cm³/mol. The van der Waals surface area contributed by atoms with E-state index in [9.17, 15) is 19.2 Å². The highest BCUT2D eigenvalue weighted by atomic mass is 32.2. The van der Waals surface area contributed by atoms with Crippen molar-refractivity contribution >= 4 is 35.6 Å². The first-order valence-corrected chi connectivity index (χ1v) is 12.5. The van der Waals surface area contributed by atoms with E-state index < -0.39 is 23.4 Å². The van der Waals surface area contributed by atoms with Crippen LogP contribution in [0.2, 0.25) is 0 Å². The maximum absolute atomic E-state index is 14.1. The zero-order chi connectivity index (χ0) is 22.7. The summed E-state index contributed by atoms with van der Waals surface area (Å²) in [5.74, 6) is 0.429. The Morgan fingerprint density at radius 2 is 1.44 bits per heavy atom. The lowest BCUT2D eigenvalue weighted by atomic mass is 9.89. The summed E-state index contributed by atoms with van der Waals surface area (Å²) in [6.45, 7) is 3.26. The number of hydrogen-bond acceptors (Lipinski definition) is 6. The molecule has 1 atom stereocenters. The largest absolute Gasteiger partial charge is 0.378 e. The van der Waals surface area contributed by atoms with Crippen LogP contribution in [0.4, 0.5) is 9.59 Å². The zero-order valence-electron chi connectivity index (χ0n) is 18.4. The number of hydrogen-bond donors (Lipinski definition) is 1. The Morgan fingerprint density at radius 1 is 0.750 bits per heavy atom. The molecule has 32 heavy (non-hydrogen) atoms. The van der Waals surface area contributed by atoms with Crippen molar-refractivity contribution in [2.45, 2.75) is 24.8 Å². The molecule has 0 saturated carbocycles. The lowest BCUT2D eigenvalue weighted by molar-refractivity contribution is -0.161. The van der Waals surface area contributed by atoms with Crippen LogP contribution in [-0.2, 0) is 14.3 Å². The number of primary amides is 1. The van der Waals surface area contributed by atoms with Crippen LogP contribution in [0.25, 0.3) is 0 Å². The summed E-state index contributed by atoms with van der Waals surface area (Å²) < 4.78 is 5.37. The van der Waals surface area contributed by atoms with Crippen molar-refractivity contribution in [1.29, 1.82) is 0 Å². The summed E-state index contributed by atoms with van der Waals surface area (Å²) in [5, 5.41) is 0. The number of nitrogens with two attached hydrogens (primary N) is 1. The minimum atomic E-state index is -1.80. The monoisotopic (exact) mass is 468 g/mol. The van der Waals surface area contributed by atoms with E-state index >= 15 is 0 Å². The molecular formula is C20H32N6O5S. The molecule has 0 aromatic rings. The summed E-state index contributed by atoms with van der Waals surface area (Å²) in [7, 11) is 0. The van der Waals surface area contributed by atoms with Crippen molar-refractivity contribution in [3.63, 3.8) is 0 Å². The van der Waals surface area contributed by atoms with E-state index in [0.717, 1.165) is 25.0 Å². The third-order valence-electron chi connectivity index (χ3n) is 6.69. The molecule has 0 radical (unpaired) electrons. The fourth-order valence-electron chi connectivity index (χ4n) is 4.88. The first-order valence-electron chi connectivity index (χ1n) is 11.3. The van der Waals surface area contributed by atoms with Gasteiger partial charge in [-0.1, -0.05) is 0 Å². The number of piperazine rings is 1. The van der Waals surface area contributed by atoms with Crippen molar-refractivity contribution in [2.75, 3.05) is 77.2 Å². The average molecular weight is 469 g/mol. The van der Waals surface area contributed by atoms with E-state index in [1.807, 2.05) is 0 Å². The number of carbonyl (C=O) groups excluding carboxylic acids is 4. The second kappa shape index (κ2) is 9.74. The van der Waals surface area contributed by atoms with Crippen LogP contribution < -0.4 is 5.73 Å². The van der Waals surface area contributed by atoms with Gasteiger partial charge in [-0.25, -0.2) is 9.59 Å². The maximum Gasteiger partial charge on any atom is 0.321 e. The lowest BCUT2D eigenvalue weighted by Crippen LogP contribution is -2.77. The lowest BCUT2D eigenvalue weighted by Gasteiger charge is -2.51. The van der Waals surface area contributed by atoms with E-state index in [1.54, 1.807) is 26.5 Å². The van der Waals surface area contributed by atoms with Gasteiger partial charge in [0.2, 0.25) is 5.54 Å². The van der Waals surface area contributed by atoms with E-state index in [-0.39, 0.29) is 25.7 Å². The Hall–Kier alpha value is -2.21. The third-order valence-corrected chi connectivity index (χ3v) is 7.65. The Balaban J connectivity index is 1.75. The molecule has 1 unspecified atom stereocenters. The molecule has 4 aliphatic heterocycles. The summed E-state index contributed by atoms with van der Waals surface area (Å²) in [4.78, 5) is 61.6. The van der Waals surface area contributed by atoms with Gasteiger partial charge in [-0.15, -0.1) is 11.8 Å². The summed E-state index contributed by atoms with van der Waals surface area (Å²) in [5.41, 5.74) is 3.79. The van der Waals surface area contributed by atoms with Gasteiger partial charge in [0.05, 0.1) is 25.6 Å². The van der Waals surface area contributed by atoms with Crippen molar-refractivity contribution in [1.82, 2.24) is 24.5 Å². The standard InChI is InChI=1S/C20H32N6O5S/c21-18(29)24-6-7-26(19(30)23-8-11-31-12-9-23)20(14-24,17(28)25-10-13-32-15-25)16(27)22-4-2-1-3-5-22/h1-15H2,(H2,21,29). The Bertz CT molecular complexity index is 751. The molecule has 2 N–H and O–H groups in total. The topological polar surface area (TPSA) is 120 Å². The molecule has 0 aromatic carbocycles. The van der Waals surface area contributed by atoms with Gasteiger partial charge in [0, 0.05) is 51.6 Å². The normalized spacial score (nSPS) is 26.9. The number of rotatable bonds is 2. The number of piperidine rings is 1. The van der Waals surface area contributed by atoms with Gasteiger partial charge >= 0.3 is 12.1 Å². The van der Waals surface area contributed by atoms with Gasteiger partial charge in [-0.2, -0.15) is 0 Å². The number of urea groups is 2. The fraction of sp³-hybridized carbons (Fsp3) is 0.800. The molecule has 4 fully saturated rings. The van der Waals surface area contributed by atoms with Crippen molar-refractivity contribution in [2.24, 2.45) is 5.73 Å². The first-order chi connectivity index (χ1) is 15.4. The van der Waals surface area contributed by atoms with Crippen molar-refractivity contribution in [3.8, 4) is 0 Å². The van der Waals surface area contributed by atoms with Gasteiger partial charge < -0.3 is 30.1 Å². The molecule has 4 aliphatic rings. The zero-order valence-corrected chi connectivity index (χ0v) is 19.2. The highest BCUT2D eigenvalue weighted by molar-refractivity contribution is 7.99. The van der Waals surface area contributed by atoms with Crippen LogP contribution in [-0.4, -0.2) is 131 Å². The number of amides is 6. The Labute approximate surface area is 192 Å². The minimum Gasteiger partial charge on any atom is -0.378 e. The molecule has 4 saturated heterocycles. The van der Waals surface area contributed by atoms with Gasteiger partial charge in [0.25, 0.3) is 11.8 Å². The second-order valence-corrected chi connectivity index (χ2v) is 9.69. The molecule has 6 amide bonds. The summed E-state index contributed by atoms with van der Waals surface area (Å²) in [6.07, 6.45) is 2.73. The van der Waals surface area contributed by atoms with Crippen LogP contribution >= 0.6 is 11.8 Å². The molecule has 178 valence electrons. The first kappa shape index (κ1) is 23.0. The maximum atomic E-state index is 14.1. The number of morpholine rings is 1. The molecule has 0 bridgehead atoms. The van der Waals surface area contributed by atoms with Gasteiger partial charge in [-0.3, -0.25) is 14.5 Å². The van der Waals surface area contributed by atoms with Gasteiger partial charge in [0.1, 0.15) is 0 Å². The highest BCUT2D eigenvalue weighted by Crippen LogP contribution is 2.32. The SMILES string of the molecule is NC(=O)N1CCN(C(=O)N2CCOCC2)C(C(=O)N2CCCCC2)(C(=O)N2CCSC2)C1. The van der Waals surface area contributed by atoms with Crippen LogP contribution in [0.3, 0.4) is 0 Å². The Morgan fingerprint density at radius 3 is 2.06 bits per heavy atom. The number of carbonyl (C=O) groups is 4. The smallest absolute Gasteiger partial charge is 0.321 e. The third kappa shape index (κ3) is 4.21. The van der Waals surface area contributed by atoms with E-state index in [0.29, 0.717) is 51.8 Å². The molecule has 4 rings (SSSR count).